The van der Waals surface area contributed by atoms with Crippen molar-refractivity contribution in [2.24, 2.45) is 0 Å². The molecule has 0 radical (unpaired) electrons. The van der Waals surface area contributed by atoms with Gasteiger partial charge < -0.3 is 14.8 Å². The lowest BCUT2D eigenvalue weighted by Crippen LogP contribution is -2.32. The Morgan fingerprint density at radius 2 is 1.69 bits per heavy atom. The maximum Gasteiger partial charge on any atom is 0.240 e. The summed E-state index contributed by atoms with van der Waals surface area (Å²) >= 11 is 0. The van der Waals surface area contributed by atoms with E-state index in [-0.39, 0.29) is 28.9 Å². The number of amides is 1. The van der Waals surface area contributed by atoms with Crippen LogP contribution in [-0.2, 0) is 16.6 Å². The Morgan fingerprint density at radius 1 is 1.00 bits per heavy atom. The monoisotopic (exact) mass is 484 g/mol. The molecule has 1 aliphatic heterocycles. The predicted molar refractivity (Wildman–Crippen MR) is 126 cm³/mol. The molecule has 3 aromatic heterocycles. The highest BCUT2D eigenvalue weighted by Crippen LogP contribution is 2.46. The van der Waals surface area contributed by atoms with Crippen LogP contribution in [0.3, 0.4) is 0 Å². The molecular formula is C26H18F2N6O2. The zero-order valence-corrected chi connectivity index (χ0v) is 18.9. The Kier molecular flexibility index (Phi) is 4.78. The van der Waals surface area contributed by atoms with Crippen LogP contribution < -0.4 is 5.32 Å². The van der Waals surface area contributed by atoms with E-state index in [0.717, 1.165) is 5.56 Å². The predicted octanol–water partition coefficient (Wildman–Crippen LogP) is 4.02. The Morgan fingerprint density at radius 3 is 2.42 bits per heavy atom. The normalized spacial score (nSPS) is 16.8. The Bertz CT molecular complexity index is 1650. The SMILES string of the molecule is CC1(c2ccc(F)cc2)C(=O)Nc2nc(-c3cn4ccnc4c(Cc4ccc(F)cc4)n3)nc(O)c21. The van der Waals surface area contributed by atoms with Gasteiger partial charge in [-0.25, -0.2) is 23.7 Å². The number of fused-ring (bicyclic) bond motifs is 2. The third kappa shape index (κ3) is 3.37. The molecule has 4 heterocycles. The highest BCUT2D eigenvalue weighted by atomic mass is 19.1. The first-order valence-corrected chi connectivity index (χ1v) is 11.1. The average molecular weight is 484 g/mol. The van der Waals surface area contributed by atoms with Gasteiger partial charge >= 0.3 is 0 Å². The van der Waals surface area contributed by atoms with Gasteiger partial charge in [0.25, 0.3) is 0 Å². The summed E-state index contributed by atoms with van der Waals surface area (Å²) in [4.78, 5) is 30.8. The summed E-state index contributed by atoms with van der Waals surface area (Å²) in [6.07, 6.45) is 5.43. The number of hydrogen-bond acceptors (Lipinski definition) is 6. The molecular weight excluding hydrogens is 466 g/mol. The van der Waals surface area contributed by atoms with E-state index in [2.05, 4.69) is 25.3 Å². The molecule has 5 aromatic rings. The van der Waals surface area contributed by atoms with Crippen molar-refractivity contribution >= 4 is 17.4 Å². The number of carbonyl (C=O) groups excluding carboxylic acids is 1. The summed E-state index contributed by atoms with van der Waals surface area (Å²) in [5.41, 5.74) is 1.80. The Labute approximate surface area is 203 Å². The van der Waals surface area contributed by atoms with E-state index in [4.69, 9.17) is 0 Å². The van der Waals surface area contributed by atoms with Crippen molar-refractivity contribution in [2.45, 2.75) is 18.8 Å². The van der Waals surface area contributed by atoms with Crippen molar-refractivity contribution in [2.75, 3.05) is 5.32 Å². The van der Waals surface area contributed by atoms with Crippen molar-refractivity contribution < 1.29 is 18.7 Å². The summed E-state index contributed by atoms with van der Waals surface area (Å²) in [5.74, 6) is -1.31. The summed E-state index contributed by atoms with van der Waals surface area (Å²) in [6, 6.07) is 11.6. The second-order valence-corrected chi connectivity index (χ2v) is 8.71. The third-order valence-corrected chi connectivity index (χ3v) is 6.46. The van der Waals surface area contributed by atoms with Crippen LogP contribution in [0.1, 0.15) is 29.3 Å². The lowest BCUT2D eigenvalue weighted by atomic mass is 9.78. The van der Waals surface area contributed by atoms with Crippen LogP contribution in [0.25, 0.3) is 17.2 Å². The van der Waals surface area contributed by atoms with E-state index >= 15 is 0 Å². The van der Waals surface area contributed by atoms with Crippen molar-refractivity contribution in [3.63, 3.8) is 0 Å². The molecule has 6 rings (SSSR count). The van der Waals surface area contributed by atoms with Gasteiger partial charge in [0.15, 0.2) is 11.5 Å². The molecule has 10 heteroatoms. The summed E-state index contributed by atoms with van der Waals surface area (Å²) in [5, 5.41) is 13.7. The topological polar surface area (TPSA) is 105 Å². The zero-order chi connectivity index (χ0) is 25.0. The van der Waals surface area contributed by atoms with Crippen molar-refractivity contribution in [1.82, 2.24) is 24.3 Å². The van der Waals surface area contributed by atoms with E-state index in [1.54, 1.807) is 42.0 Å². The quantitative estimate of drug-likeness (QED) is 0.399. The highest BCUT2D eigenvalue weighted by Gasteiger charge is 2.48. The first kappa shape index (κ1) is 21.8. The molecule has 36 heavy (non-hydrogen) atoms. The molecule has 8 nitrogen and oxygen atoms in total. The molecule has 1 unspecified atom stereocenters. The van der Waals surface area contributed by atoms with Crippen molar-refractivity contribution in [3.05, 3.63) is 101 Å². The molecule has 0 aliphatic carbocycles. The number of nitrogens with one attached hydrogen (secondary N) is 1. The fraction of sp³-hybridized carbons (Fsp3) is 0.115. The number of nitrogens with zero attached hydrogens (tertiary/aromatic N) is 5. The standard InChI is InChI=1S/C26H18F2N6O2/c1-26(15-4-8-17(28)9-5-15)20-22(33-25(26)36)31-21(32-24(20)35)19-13-34-11-10-29-23(34)18(30-19)12-14-2-6-16(27)7-3-14/h2-11,13H,12H2,1H3,(H2,31,32,33,35,36). The number of aromatic hydroxyl groups is 1. The number of halogens is 2. The van der Waals surface area contributed by atoms with Gasteiger partial charge in [-0.3, -0.25) is 4.79 Å². The Hall–Kier alpha value is -4.73. The van der Waals surface area contributed by atoms with Gasteiger partial charge in [-0.05, 0) is 42.3 Å². The van der Waals surface area contributed by atoms with Gasteiger partial charge in [0, 0.05) is 25.0 Å². The van der Waals surface area contributed by atoms with E-state index in [9.17, 15) is 18.7 Å². The maximum absolute atomic E-state index is 13.5. The van der Waals surface area contributed by atoms with Gasteiger partial charge in [0.05, 0.1) is 11.3 Å². The fourth-order valence-electron chi connectivity index (χ4n) is 4.54. The van der Waals surface area contributed by atoms with E-state index in [1.165, 1.54) is 36.4 Å². The van der Waals surface area contributed by atoms with Gasteiger partial charge in [-0.1, -0.05) is 24.3 Å². The molecule has 1 amide bonds. The fourth-order valence-corrected chi connectivity index (χ4v) is 4.54. The van der Waals surface area contributed by atoms with Crippen molar-refractivity contribution in [3.8, 4) is 17.4 Å². The second kappa shape index (κ2) is 7.91. The molecule has 2 N–H and O–H groups in total. The highest BCUT2D eigenvalue weighted by molar-refractivity contribution is 6.08. The molecule has 1 atom stereocenters. The minimum absolute atomic E-state index is 0.103. The number of imidazole rings is 1. The zero-order valence-electron chi connectivity index (χ0n) is 18.9. The number of benzene rings is 2. The molecule has 0 saturated carbocycles. The average Bonchev–Trinajstić information content (AvgIpc) is 3.44. The Balaban J connectivity index is 1.45. The summed E-state index contributed by atoms with van der Waals surface area (Å²) in [6.45, 7) is 1.63. The first-order valence-electron chi connectivity index (χ1n) is 11.1. The third-order valence-electron chi connectivity index (χ3n) is 6.46. The van der Waals surface area contributed by atoms with Crippen LogP contribution in [0.2, 0.25) is 0 Å². The van der Waals surface area contributed by atoms with Gasteiger partial charge in [-0.15, -0.1) is 0 Å². The van der Waals surface area contributed by atoms with Gasteiger partial charge in [0.2, 0.25) is 11.8 Å². The smallest absolute Gasteiger partial charge is 0.240 e. The minimum atomic E-state index is -1.30. The number of anilines is 1. The molecule has 0 spiro atoms. The van der Waals surface area contributed by atoms with E-state index in [1.807, 2.05) is 0 Å². The number of aromatic nitrogens is 5. The largest absolute Gasteiger partial charge is 0.493 e. The van der Waals surface area contributed by atoms with Crippen LogP contribution in [0, 0.1) is 11.6 Å². The van der Waals surface area contributed by atoms with Crippen LogP contribution in [0.5, 0.6) is 5.88 Å². The molecule has 0 fully saturated rings. The number of hydrogen-bond donors (Lipinski definition) is 2. The van der Waals surface area contributed by atoms with Crippen LogP contribution in [0.15, 0.2) is 67.1 Å². The molecule has 1 aliphatic rings. The van der Waals surface area contributed by atoms with Crippen LogP contribution in [-0.4, -0.2) is 35.4 Å². The van der Waals surface area contributed by atoms with Crippen molar-refractivity contribution in [1.29, 1.82) is 0 Å². The lowest BCUT2D eigenvalue weighted by Gasteiger charge is -2.22. The van der Waals surface area contributed by atoms with E-state index < -0.39 is 17.1 Å². The van der Waals surface area contributed by atoms with Gasteiger partial charge in [-0.2, -0.15) is 4.98 Å². The summed E-state index contributed by atoms with van der Waals surface area (Å²) < 4.78 is 28.6. The molecule has 2 aromatic carbocycles. The van der Waals surface area contributed by atoms with Gasteiger partial charge in [0.1, 0.15) is 28.6 Å². The van der Waals surface area contributed by atoms with Crippen LogP contribution >= 0.6 is 0 Å². The molecule has 0 bridgehead atoms. The maximum atomic E-state index is 13.5. The summed E-state index contributed by atoms with van der Waals surface area (Å²) in [7, 11) is 0. The molecule has 0 saturated heterocycles. The van der Waals surface area contributed by atoms with E-state index in [0.29, 0.717) is 29.0 Å². The lowest BCUT2D eigenvalue weighted by molar-refractivity contribution is -0.119. The first-order chi connectivity index (χ1) is 17.3. The minimum Gasteiger partial charge on any atom is -0.493 e. The number of carbonyl (C=O) groups is 1. The molecule has 178 valence electrons. The second-order valence-electron chi connectivity index (χ2n) is 8.71. The van der Waals surface area contributed by atoms with Crippen LogP contribution in [0.4, 0.5) is 14.6 Å². The number of rotatable bonds is 4.